The first-order valence-electron chi connectivity index (χ1n) is 9.45. The molecule has 0 radical (unpaired) electrons. The summed E-state index contributed by atoms with van der Waals surface area (Å²) >= 11 is 0. The van der Waals surface area contributed by atoms with Gasteiger partial charge >= 0.3 is 0 Å². The molecule has 4 aliphatic rings. The molecule has 0 spiro atoms. The van der Waals surface area contributed by atoms with E-state index in [1.165, 1.54) is 12.0 Å². The summed E-state index contributed by atoms with van der Waals surface area (Å²) < 4.78 is 0. The summed E-state index contributed by atoms with van der Waals surface area (Å²) in [4.78, 5) is 0. The average molecular weight is 314 g/mol. The predicted molar refractivity (Wildman–Crippen MR) is 91.2 cm³/mol. The SMILES string of the molecule is C#C[C@@H]1CC[C@H]2[C@@H]3CC=C4CCCC(O)(O)[C@]4(C)[C@H]3CC[C@]12C. The van der Waals surface area contributed by atoms with E-state index in [2.05, 4.69) is 25.8 Å². The van der Waals surface area contributed by atoms with Gasteiger partial charge in [0.25, 0.3) is 0 Å². The molecule has 2 heteroatoms. The maximum absolute atomic E-state index is 10.9. The van der Waals surface area contributed by atoms with Gasteiger partial charge in [-0.15, -0.1) is 12.3 Å². The minimum Gasteiger partial charge on any atom is -0.365 e. The average Bonchev–Trinajstić information content (AvgIpc) is 2.85. The largest absolute Gasteiger partial charge is 0.365 e. The molecule has 4 aliphatic carbocycles. The van der Waals surface area contributed by atoms with Crippen LogP contribution in [-0.2, 0) is 0 Å². The number of aliphatic hydroxyl groups is 2. The third-order valence-electron chi connectivity index (χ3n) is 8.49. The summed E-state index contributed by atoms with van der Waals surface area (Å²) in [6, 6.07) is 0. The summed E-state index contributed by atoms with van der Waals surface area (Å²) in [6.45, 7) is 4.53. The summed E-state index contributed by atoms with van der Waals surface area (Å²) in [7, 11) is 0. The fourth-order valence-corrected chi connectivity index (χ4v) is 7.04. The third-order valence-corrected chi connectivity index (χ3v) is 8.49. The molecule has 3 fully saturated rings. The van der Waals surface area contributed by atoms with E-state index in [1.807, 2.05) is 0 Å². The van der Waals surface area contributed by atoms with Crippen LogP contribution in [0.5, 0.6) is 0 Å². The molecule has 3 saturated carbocycles. The van der Waals surface area contributed by atoms with E-state index in [0.717, 1.165) is 38.5 Å². The first kappa shape index (κ1) is 15.7. The molecule has 0 aromatic heterocycles. The highest BCUT2D eigenvalue weighted by Gasteiger charge is 2.63. The van der Waals surface area contributed by atoms with Crippen molar-refractivity contribution in [2.75, 3.05) is 0 Å². The highest BCUT2D eigenvalue weighted by atomic mass is 16.5. The molecule has 0 amide bonds. The Morgan fingerprint density at radius 2 is 1.91 bits per heavy atom. The molecule has 0 saturated heterocycles. The molecule has 0 aromatic rings. The van der Waals surface area contributed by atoms with Crippen LogP contribution in [-0.4, -0.2) is 16.0 Å². The number of rotatable bonds is 0. The fourth-order valence-electron chi connectivity index (χ4n) is 7.04. The van der Waals surface area contributed by atoms with Gasteiger partial charge in [-0.1, -0.05) is 25.5 Å². The Hall–Kier alpha value is -0.780. The predicted octanol–water partition coefficient (Wildman–Crippen LogP) is 3.88. The molecule has 0 bridgehead atoms. The van der Waals surface area contributed by atoms with Crippen LogP contribution in [0.15, 0.2) is 11.6 Å². The molecule has 23 heavy (non-hydrogen) atoms. The normalized spacial score (nSPS) is 51.0. The van der Waals surface area contributed by atoms with Crippen molar-refractivity contribution in [3.05, 3.63) is 11.6 Å². The van der Waals surface area contributed by atoms with Crippen molar-refractivity contribution in [3.8, 4) is 12.3 Å². The van der Waals surface area contributed by atoms with Crippen LogP contribution in [0.3, 0.4) is 0 Å². The van der Waals surface area contributed by atoms with E-state index in [9.17, 15) is 10.2 Å². The van der Waals surface area contributed by atoms with Crippen LogP contribution in [0.1, 0.15) is 65.2 Å². The van der Waals surface area contributed by atoms with Crippen molar-refractivity contribution in [1.29, 1.82) is 0 Å². The molecule has 2 nitrogen and oxygen atoms in total. The van der Waals surface area contributed by atoms with Gasteiger partial charge in [0, 0.05) is 17.8 Å². The summed E-state index contributed by atoms with van der Waals surface area (Å²) in [5, 5.41) is 21.7. The summed E-state index contributed by atoms with van der Waals surface area (Å²) in [5.41, 5.74) is 1.12. The molecular formula is C21H30O2. The highest BCUT2D eigenvalue weighted by molar-refractivity contribution is 5.28. The second kappa shape index (κ2) is 4.87. The lowest BCUT2D eigenvalue weighted by molar-refractivity contribution is -0.269. The zero-order valence-corrected chi connectivity index (χ0v) is 14.5. The first-order chi connectivity index (χ1) is 10.8. The Kier molecular flexibility index (Phi) is 3.33. The highest BCUT2D eigenvalue weighted by Crippen LogP contribution is 2.67. The zero-order chi connectivity index (χ0) is 16.5. The lowest BCUT2D eigenvalue weighted by Gasteiger charge is -2.60. The van der Waals surface area contributed by atoms with Gasteiger partial charge in [0.1, 0.15) is 0 Å². The van der Waals surface area contributed by atoms with E-state index in [-0.39, 0.29) is 5.41 Å². The minimum atomic E-state index is -1.54. The van der Waals surface area contributed by atoms with Crippen LogP contribution in [0.25, 0.3) is 0 Å². The molecule has 2 N–H and O–H groups in total. The smallest absolute Gasteiger partial charge is 0.172 e. The Morgan fingerprint density at radius 3 is 2.65 bits per heavy atom. The van der Waals surface area contributed by atoms with E-state index < -0.39 is 11.2 Å². The van der Waals surface area contributed by atoms with Crippen molar-refractivity contribution >= 4 is 0 Å². The molecule has 0 heterocycles. The molecule has 6 atom stereocenters. The molecular weight excluding hydrogens is 284 g/mol. The van der Waals surface area contributed by atoms with Gasteiger partial charge in [-0.3, -0.25) is 0 Å². The summed E-state index contributed by atoms with van der Waals surface area (Å²) in [5.74, 6) is 3.54. The lowest BCUT2D eigenvalue weighted by atomic mass is 9.46. The monoisotopic (exact) mass is 314 g/mol. The van der Waals surface area contributed by atoms with Crippen molar-refractivity contribution in [1.82, 2.24) is 0 Å². The molecule has 0 aromatic carbocycles. The number of terminal acetylenes is 1. The first-order valence-corrected chi connectivity index (χ1v) is 9.45. The van der Waals surface area contributed by atoms with E-state index in [4.69, 9.17) is 6.42 Å². The van der Waals surface area contributed by atoms with Gasteiger partial charge in [-0.05, 0) is 68.1 Å². The maximum Gasteiger partial charge on any atom is 0.172 e. The van der Waals surface area contributed by atoms with Crippen LogP contribution >= 0.6 is 0 Å². The van der Waals surface area contributed by atoms with Gasteiger partial charge in [-0.2, -0.15) is 0 Å². The topological polar surface area (TPSA) is 40.5 Å². The van der Waals surface area contributed by atoms with Crippen LogP contribution in [0, 0.1) is 46.8 Å². The van der Waals surface area contributed by atoms with Gasteiger partial charge in [0.2, 0.25) is 0 Å². The van der Waals surface area contributed by atoms with Gasteiger partial charge in [0.05, 0.1) is 0 Å². The van der Waals surface area contributed by atoms with Crippen LogP contribution in [0.2, 0.25) is 0 Å². The summed E-state index contributed by atoms with van der Waals surface area (Å²) in [6.07, 6.45) is 16.3. The second-order valence-electron chi connectivity index (χ2n) is 9.06. The standard InChI is InChI=1S/C21H30O2/c1-4-14-8-10-17-16-9-7-15-6-5-12-21(22,23)20(15,3)18(16)11-13-19(14,17)2/h1,7,14,16-18,22-23H,5-6,8-13H2,2-3H3/t14-,16+,17+,18+,19-,20+/m1/s1. The van der Waals surface area contributed by atoms with Crippen molar-refractivity contribution < 1.29 is 10.2 Å². The van der Waals surface area contributed by atoms with E-state index in [0.29, 0.717) is 30.1 Å². The van der Waals surface area contributed by atoms with E-state index >= 15 is 0 Å². The molecule has 0 aliphatic heterocycles. The molecule has 126 valence electrons. The number of hydrogen-bond donors (Lipinski definition) is 2. The maximum atomic E-state index is 10.9. The Labute approximate surface area is 140 Å². The van der Waals surface area contributed by atoms with Crippen molar-refractivity contribution in [2.45, 2.75) is 71.0 Å². The van der Waals surface area contributed by atoms with Gasteiger partial charge in [-0.25, -0.2) is 0 Å². The Balaban J connectivity index is 1.74. The number of hydrogen-bond acceptors (Lipinski definition) is 2. The lowest BCUT2D eigenvalue weighted by Crippen LogP contribution is -2.60. The number of fused-ring (bicyclic) bond motifs is 5. The fraction of sp³-hybridized carbons (Fsp3) is 0.810. The number of allylic oxidation sites excluding steroid dienone is 1. The Morgan fingerprint density at radius 1 is 1.13 bits per heavy atom. The van der Waals surface area contributed by atoms with Gasteiger partial charge in [0.15, 0.2) is 5.79 Å². The Bertz CT molecular complexity index is 583. The zero-order valence-electron chi connectivity index (χ0n) is 14.5. The second-order valence-corrected chi connectivity index (χ2v) is 9.06. The molecule has 4 rings (SSSR count). The minimum absolute atomic E-state index is 0.264. The van der Waals surface area contributed by atoms with Crippen molar-refractivity contribution in [3.63, 3.8) is 0 Å². The van der Waals surface area contributed by atoms with Crippen LogP contribution in [0.4, 0.5) is 0 Å². The van der Waals surface area contributed by atoms with Gasteiger partial charge < -0.3 is 10.2 Å². The van der Waals surface area contributed by atoms with Crippen molar-refractivity contribution in [2.24, 2.45) is 34.5 Å². The van der Waals surface area contributed by atoms with Crippen LogP contribution < -0.4 is 0 Å². The van der Waals surface area contributed by atoms with E-state index in [1.54, 1.807) is 0 Å². The quantitative estimate of drug-likeness (QED) is 0.405. The molecule has 0 unspecified atom stereocenters. The third kappa shape index (κ3) is 1.84.